The Bertz CT molecular complexity index is 659. The number of anilines is 2. The topological polar surface area (TPSA) is 92.3 Å². The molecule has 0 unspecified atom stereocenters. The zero-order valence-corrected chi connectivity index (χ0v) is 11.0. The number of fused-ring (bicyclic) bond motifs is 1. The summed E-state index contributed by atoms with van der Waals surface area (Å²) >= 11 is 0. The van der Waals surface area contributed by atoms with E-state index < -0.39 is 5.97 Å². The van der Waals surface area contributed by atoms with Crippen molar-refractivity contribution in [1.29, 1.82) is 0 Å². The fourth-order valence-electron chi connectivity index (χ4n) is 2.61. The standard InChI is InChI=1S/C14H16N4O2/c15-12-13(17-11-6-2-1-5-10(11)16-12)18-7-3-4-9(8-18)14(19)20/h1-2,5-6,9H,3-4,7-8H2,(H2,15,16)(H,19,20)/t9-/m1/s1. The Kier molecular flexibility index (Phi) is 3.14. The molecule has 3 N–H and O–H groups in total. The smallest absolute Gasteiger partial charge is 0.308 e. The van der Waals surface area contributed by atoms with E-state index in [2.05, 4.69) is 9.97 Å². The lowest BCUT2D eigenvalue weighted by molar-refractivity contribution is -0.141. The SMILES string of the molecule is Nc1nc2ccccc2nc1N1CCC[C@@H](C(=O)O)C1. The minimum absolute atomic E-state index is 0.356. The molecule has 0 saturated carbocycles. The highest BCUT2D eigenvalue weighted by molar-refractivity contribution is 5.80. The fourth-order valence-corrected chi connectivity index (χ4v) is 2.61. The maximum atomic E-state index is 11.1. The lowest BCUT2D eigenvalue weighted by atomic mass is 9.98. The molecule has 1 aromatic carbocycles. The molecule has 6 heteroatoms. The van der Waals surface area contributed by atoms with Crippen LogP contribution in [-0.4, -0.2) is 34.1 Å². The molecule has 1 saturated heterocycles. The van der Waals surface area contributed by atoms with E-state index in [1.807, 2.05) is 29.2 Å². The number of benzene rings is 1. The molecule has 104 valence electrons. The van der Waals surface area contributed by atoms with Gasteiger partial charge < -0.3 is 15.7 Å². The van der Waals surface area contributed by atoms with Crippen LogP contribution in [0.15, 0.2) is 24.3 Å². The highest BCUT2D eigenvalue weighted by Crippen LogP contribution is 2.27. The van der Waals surface area contributed by atoms with Gasteiger partial charge in [0.1, 0.15) is 0 Å². The summed E-state index contributed by atoms with van der Waals surface area (Å²) in [6, 6.07) is 7.52. The number of hydrogen-bond acceptors (Lipinski definition) is 5. The predicted molar refractivity (Wildman–Crippen MR) is 76.5 cm³/mol. The number of hydrogen-bond donors (Lipinski definition) is 2. The first-order chi connectivity index (χ1) is 9.65. The van der Waals surface area contributed by atoms with Crippen molar-refractivity contribution in [1.82, 2.24) is 9.97 Å². The molecular weight excluding hydrogens is 256 g/mol. The zero-order chi connectivity index (χ0) is 14.1. The Hall–Kier alpha value is -2.37. The van der Waals surface area contributed by atoms with Crippen LogP contribution in [0.3, 0.4) is 0 Å². The third-order valence-corrected chi connectivity index (χ3v) is 3.65. The van der Waals surface area contributed by atoms with Crippen molar-refractivity contribution in [3.8, 4) is 0 Å². The highest BCUT2D eigenvalue weighted by atomic mass is 16.4. The first-order valence-electron chi connectivity index (χ1n) is 6.65. The van der Waals surface area contributed by atoms with Gasteiger partial charge in [-0.05, 0) is 25.0 Å². The normalized spacial score (nSPS) is 19.2. The minimum Gasteiger partial charge on any atom is -0.481 e. The van der Waals surface area contributed by atoms with Gasteiger partial charge in [0.05, 0.1) is 17.0 Å². The van der Waals surface area contributed by atoms with Crippen LogP contribution in [0.5, 0.6) is 0 Å². The van der Waals surface area contributed by atoms with E-state index >= 15 is 0 Å². The van der Waals surface area contributed by atoms with Crippen LogP contribution < -0.4 is 10.6 Å². The van der Waals surface area contributed by atoms with E-state index in [9.17, 15) is 4.79 Å². The van der Waals surface area contributed by atoms with E-state index in [1.165, 1.54) is 0 Å². The number of aromatic nitrogens is 2. The van der Waals surface area contributed by atoms with E-state index in [-0.39, 0.29) is 5.92 Å². The number of carboxylic acid groups (broad SMARTS) is 1. The van der Waals surface area contributed by atoms with Crippen LogP contribution in [-0.2, 0) is 4.79 Å². The number of nitrogen functional groups attached to an aromatic ring is 1. The number of rotatable bonds is 2. The summed E-state index contributed by atoms with van der Waals surface area (Å²) in [6.07, 6.45) is 1.53. The van der Waals surface area contributed by atoms with E-state index in [0.717, 1.165) is 24.0 Å². The predicted octanol–water partition coefficient (Wildman–Crippen LogP) is 1.51. The average Bonchev–Trinajstić information content (AvgIpc) is 2.46. The monoisotopic (exact) mass is 272 g/mol. The van der Waals surface area contributed by atoms with Crippen LogP contribution in [0, 0.1) is 5.92 Å². The van der Waals surface area contributed by atoms with Crippen molar-refractivity contribution < 1.29 is 9.90 Å². The number of nitrogens with two attached hydrogens (primary N) is 1. The first kappa shape index (κ1) is 12.7. The summed E-state index contributed by atoms with van der Waals surface area (Å²) in [4.78, 5) is 21.9. The molecule has 0 aliphatic carbocycles. The molecule has 2 aromatic rings. The number of carboxylic acids is 1. The number of carbonyl (C=O) groups is 1. The van der Waals surface area contributed by atoms with Gasteiger partial charge in [-0.2, -0.15) is 0 Å². The lowest BCUT2D eigenvalue weighted by Gasteiger charge is -2.32. The Morgan fingerprint density at radius 1 is 1.30 bits per heavy atom. The van der Waals surface area contributed by atoms with Crippen molar-refractivity contribution >= 4 is 28.6 Å². The van der Waals surface area contributed by atoms with Crippen LogP contribution in [0.4, 0.5) is 11.6 Å². The molecule has 0 amide bonds. The van der Waals surface area contributed by atoms with Crippen LogP contribution in [0.1, 0.15) is 12.8 Å². The maximum absolute atomic E-state index is 11.1. The summed E-state index contributed by atoms with van der Waals surface area (Å²) in [5.41, 5.74) is 7.50. The van der Waals surface area contributed by atoms with Crippen molar-refractivity contribution in [3.05, 3.63) is 24.3 Å². The third-order valence-electron chi connectivity index (χ3n) is 3.65. The summed E-state index contributed by atoms with van der Waals surface area (Å²) in [5, 5.41) is 9.15. The van der Waals surface area contributed by atoms with Gasteiger partial charge >= 0.3 is 5.97 Å². The Balaban J connectivity index is 1.96. The number of nitrogens with zero attached hydrogens (tertiary/aromatic N) is 3. The lowest BCUT2D eigenvalue weighted by Crippen LogP contribution is -2.39. The van der Waals surface area contributed by atoms with Gasteiger partial charge in [-0.1, -0.05) is 12.1 Å². The Morgan fingerprint density at radius 3 is 2.70 bits per heavy atom. The second kappa shape index (κ2) is 4.96. The molecular formula is C14H16N4O2. The molecule has 1 atom stereocenters. The van der Waals surface area contributed by atoms with Gasteiger partial charge in [0.15, 0.2) is 11.6 Å². The Morgan fingerprint density at radius 2 is 2.00 bits per heavy atom. The van der Waals surface area contributed by atoms with E-state index in [0.29, 0.717) is 24.6 Å². The summed E-state index contributed by atoms with van der Waals surface area (Å²) in [5.74, 6) is -0.178. The zero-order valence-electron chi connectivity index (χ0n) is 11.0. The molecule has 20 heavy (non-hydrogen) atoms. The molecule has 3 rings (SSSR count). The molecule has 0 spiro atoms. The molecule has 2 heterocycles. The molecule has 1 aromatic heterocycles. The molecule has 0 bridgehead atoms. The Labute approximate surface area is 116 Å². The van der Waals surface area contributed by atoms with Gasteiger partial charge in [0, 0.05) is 13.1 Å². The van der Waals surface area contributed by atoms with Gasteiger partial charge in [-0.25, -0.2) is 9.97 Å². The molecule has 6 nitrogen and oxygen atoms in total. The van der Waals surface area contributed by atoms with Crippen molar-refractivity contribution in [3.63, 3.8) is 0 Å². The van der Waals surface area contributed by atoms with E-state index in [1.54, 1.807) is 0 Å². The molecule has 0 radical (unpaired) electrons. The van der Waals surface area contributed by atoms with Crippen molar-refractivity contribution in [2.75, 3.05) is 23.7 Å². The van der Waals surface area contributed by atoms with Crippen LogP contribution in [0.25, 0.3) is 11.0 Å². The van der Waals surface area contributed by atoms with Crippen LogP contribution in [0.2, 0.25) is 0 Å². The third kappa shape index (κ3) is 2.24. The van der Waals surface area contributed by atoms with Gasteiger partial charge in [-0.3, -0.25) is 4.79 Å². The quantitative estimate of drug-likeness (QED) is 0.861. The largest absolute Gasteiger partial charge is 0.481 e. The van der Waals surface area contributed by atoms with Crippen molar-refractivity contribution in [2.45, 2.75) is 12.8 Å². The second-order valence-corrected chi connectivity index (χ2v) is 5.04. The first-order valence-corrected chi connectivity index (χ1v) is 6.65. The molecule has 1 aliphatic heterocycles. The second-order valence-electron chi connectivity index (χ2n) is 5.04. The minimum atomic E-state index is -0.762. The summed E-state index contributed by atoms with van der Waals surface area (Å²) < 4.78 is 0. The van der Waals surface area contributed by atoms with Crippen LogP contribution >= 0.6 is 0 Å². The number of piperidine rings is 1. The van der Waals surface area contributed by atoms with Gasteiger partial charge in [0.2, 0.25) is 0 Å². The van der Waals surface area contributed by atoms with Gasteiger partial charge in [-0.15, -0.1) is 0 Å². The summed E-state index contributed by atoms with van der Waals surface area (Å²) in [6.45, 7) is 1.20. The van der Waals surface area contributed by atoms with Crippen molar-refractivity contribution in [2.24, 2.45) is 5.92 Å². The summed E-state index contributed by atoms with van der Waals surface area (Å²) in [7, 11) is 0. The number of aliphatic carboxylic acids is 1. The fraction of sp³-hybridized carbons (Fsp3) is 0.357. The average molecular weight is 272 g/mol. The highest BCUT2D eigenvalue weighted by Gasteiger charge is 2.27. The molecule has 1 fully saturated rings. The van der Waals surface area contributed by atoms with Gasteiger partial charge in [0.25, 0.3) is 0 Å². The number of para-hydroxylation sites is 2. The maximum Gasteiger partial charge on any atom is 0.308 e. The molecule has 1 aliphatic rings. The van der Waals surface area contributed by atoms with E-state index in [4.69, 9.17) is 10.8 Å².